The molecule has 2 saturated heterocycles. The van der Waals surface area contributed by atoms with Gasteiger partial charge in [-0.1, -0.05) is 0 Å². The van der Waals surface area contributed by atoms with Gasteiger partial charge < -0.3 is 45.4 Å². The molecule has 4 heterocycles. The largest absolute Gasteiger partial charge is 0.481 e. The SMILES string of the molecule is Nc1ncnc2c1ncn2[C@@H]1O[C@H](COP(=O)(O)OP(=O)(O)OC[C@H]2O[C@@H](O)[C@H](O)[C@@H]2O)[C@@H](O)[C@H]1F. The van der Waals surface area contributed by atoms with E-state index in [1.165, 1.54) is 0 Å². The van der Waals surface area contributed by atoms with Crippen molar-refractivity contribution in [1.82, 2.24) is 19.5 Å². The van der Waals surface area contributed by atoms with Gasteiger partial charge in [0.15, 0.2) is 30.2 Å². The van der Waals surface area contributed by atoms with Gasteiger partial charge in [0.25, 0.3) is 0 Å². The van der Waals surface area contributed by atoms with E-state index in [-0.39, 0.29) is 17.0 Å². The number of aliphatic hydroxyl groups is 4. The van der Waals surface area contributed by atoms with Gasteiger partial charge in [-0.25, -0.2) is 28.5 Å². The summed E-state index contributed by atoms with van der Waals surface area (Å²) in [7, 11) is -10.7. The first-order chi connectivity index (χ1) is 16.8. The van der Waals surface area contributed by atoms with Crippen molar-refractivity contribution in [2.24, 2.45) is 0 Å². The summed E-state index contributed by atoms with van der Waals surface area (Å²) in [4.78, 5) is 31.1. The van der Waals surface area contributed by atoms with E-state index in [0.29, 0.717) is 0 Å². The van der Waals surface area contributed by atoms with Crippen molar-refractivity contribution in [3.63, 3.8) is 0 Å². The molecule has 2 unspecified atom stereocenters. The minimum absolute atomic E-state index is 0.0166. The monoisotopic (exact) mass is 561 g/mol. The van der Waals surface area contributed by atoms with Crippen LogP contribution in [0.4, 0.5) is 10.2 Å². The molecule has 21 heteroatoms. The third kappa shape index (κ3) is 5.58. The first-order valence-electron chi connectivity index (χ1n) is 10.1. The van der Waals surface area contributed by atoms with Crippen LogP contribution in [0, 0.1) is 0 Å². The Bertz CT molecular complexity index is 1190. The Hall–Kier alpha value is -1.70. The number of rotatable bonds is 9. The van der Waals surface area contributed by atoms with Crippen LogP contribution in [0.1, 0.15) is 6.23 Å². The minimum atomic E-state index is -5.35. The summed E-state index contributed by atoms with van der Waals surface area (Å²) in [5, 5.41) is 38.5. The van der Waals surface area contributed by atoms with Gasteiger partial charge in [0.2, 0.25) is 0 Å². The molecular formula is C15H22FN5O13P2. The van der Waals surface area contributed by atoms with E-state index >= 15 is 0 Å². The normalized spacial score (nSPS) is 36.2. The summed E-state index contributed by atoms with van der Waals surface area (Å²) in [6.07, 6.45) is -11.3. The topological polar surface area (TPSA) is 271 Å². The third-order valence-corrected chi connectivity index (χ3v) is 7.90. The van der Waals surface area contributed by atoms with E-state index < -0.39 is 78.1 Å². The van der Waals surface area contributed by atoms with Gasteiger partial charge in [-0.15, -0.1) is 0 Å². The Labute approximate surface area is 200 Å². The average Bonchev–Trinajstić information content (AvgIpc) is 3.42. The second-order valence-corrected chi connectivity index (χ2v) is 10.8. The lowest BCUT2D eigenvalue weighted by Crippen LogP contribution is -2.34. The van der Waals surface area contributed by atoms with E-state index in [0.717, 1.165) is 17.2 Å². The maximum absolute atomic E-state index is 14.8. The minimum Gasteiger partial charge on any atom is -0.387 e. The number of fused-ring (bicyclic) bond motifs is 1. The highest BCUT2D eigenvalue weighted by molar-refractivity contribution is 7.61. The van der Waals surface area contributed by atoms with E-state index in [1.54, 1.807) is 0 Å². The predicted octanol–water partition coefficient (Wildman–Crippen LogP) is -2.31. The fourth-order valence-corrected chi connectivity index (χ4v) is 5.59. The Balaban J connectivity index is 1.34. The van der Waals surface area contributed by atoms with E-state index in [1.807, 2.05) is 0 Å². The van der Waals surface area contributed by atoms with Gasteiger partial charge in [-0.2, -0.15) is 4.31 Å². The number of hydrogen-bond acceptors (Lipinski definition) is 15. The standard InChI is InChI=1S/C15H22FN5O13P2/c16-7-9(22)5(32-14(7)21-4-20-8-12(17)18-3-19-13(8)21)1-30-35(26,27)34-36(28,29)31-2-6-10(23)11(24)15(25)33-6/h3-7,9-11,14-15,22-25H,1-2H2,(H,26,27)(H,28,29)(H2,17,18,19)/t5-,6-,7-,9-,10-,11-,14-,15-/m1/s1. The van der Waals surface area contributed by atoms with Crippen LogP contribution in [0.15, 0.2) is 12.7 Å². The molecule has 2 aliphatic rings. The molecule has 18 nitrogen and oxygen atoms in total. The zero-order valence-corrected chi connectivity index (χ0v) is 19.7. The van der Waals surface area contributed by atoms with Crippen molar-refractivity contribution in [2.45, 2.75) is 49.2 Å². The average molecular weight is 561 g/mol. The number of imidazole rings is 1. The molecule has 2 aromatic rings. The quantitative estimate of drug-likeness (QED) is 0.158. The third-order valence-electron chi connectivity index (χ3n) is 5.30. The maximum atomic E-state index is 14.8. The number of hydrogen-bond donors (Lipinski definition) is 7. The number of anilines is 1. The molecule has 0 aromatic carbocycles. The van der Waals surface area contributed by atoms with Crippen LogP contribution in [-0.2, 0) is 32.0 Å². The highest BCUT2D eigenvalue weighted by Crippen LogP contribution is 2.60. The summed E-state index contributed by atoms with van der Waals surface area (Å²) >= 11 is 0. The van der Waals surface area contributed by atoms with Crippen molar-refractivity contribution in [3.05, 3.63) is 12.7 Å². The summed E-state index contributed by atoms with van der Waals surface area (Å²) in [5.74, 6) is 0.0166. The van der Waals surface area contributed by atoms with Crippen LogP contribution in [0.2, 0.25) is 0 Å². The Morgan fingerprint density at radius 3 is 2.17 bits per heavy atom. The number of ether oxygens (including phenoxy) is 2. The van der Waals surface area contributed by atoms with Crippen LogP contribution in [0.3, 0.4) is 0 Å². The van der Waals surface area contributed by atoms with E-state index in [9.17, 15) is 43.7 Å². The lowest BCUT2D eigenvalue weighted by atomic mass is 10.1. The lowest BCUT2D eigenvalue weighted by Gasteiger charge is -2.20. The van der Waals surface area contributed by atoms with Gasteiger partial charge in [0.05, 0.1) is 19.5 Å². The number of nitrogens with two attached hydrogens (primary N) is 1. The van der Waals surface area contributed by atoms with Crippen LogP contribution in [0.5, 0.6) is 0 Å². The lowest BCUT2D eigenvalue weighted by molar-refractivity contribution is -0.132. The van der Waals surface area contributed by atoms with E-state index in [4.69, 9.17) is 15.2 Å². The smallest absolute Gasteiger partial charge is 0.387 e. The van der Waals surface area contributed by atoms with Crippen molar-refractivity contribution >= 4 is 32.6 Å². The zero-order chi connectivity index (χ0) is 26.4. The Morgan fingerprint density at radius 1 is 0.972 bits per heavy atom. The fraction of sp³-hybridized carbons (Fsp3) is 0.667. The maximum Gasteiger partial charge on any atom is 0.481 e. The van der Waals surface area contributed by atoms with Crippen LogP contribution < -0.4 is 5.73 Å². The summed E-state index contributed by atoms with van der Waals surface area (Å²) in [6.45, 7) is -1.88. The second kappa shape index (κ2) is 10.2. The summed E-state index contributed by atoms with van der Waals surface area (Å²) < 4.78 is 63.2. The molecule has 0 radical (unpaired) electrons. The number of phosphoric ester groups is 2. The molecule has 0 aliphatic carbocycles. The molecule has 0 bridgehead atoms. The summed E-state index contributed by atoms with van der Waals surface area (Å²) in [6, 6.07) is 0. The van der Waals surface area contributed by atoms with Gasteiger partial charge in [0, 0.05) is 0 Å². The van der Waals surface area contributed by atoms with Gasteiger partial charge >= 0.3 is 15.6 Å². The van der Waals surface area contributed by atoms with Crippen molar-refractivity contribution < 1.29 is 66.6 Å². The second-order valence-electron chi connectivity index (χ2n) is 7.74. The molecule has 8 N–H and O–H groups in total. The molecular weight excluding hydrogens is 539 g/mol. The van der Waals surface area contributed by atoms with Crippen LogP contribution in [-0.4, -0.2) is 106 Å². The Kier molecular flexibility index (Phi) is 7.76. The van der Waals surface area contributed by atoms with Gasteiger partial charge in [-0.3, -0.25) is 13.6 Å². The molecule has 2 fully saturated rings. The first-order valence-corrected chi connectivity index (χ1v) is 13.0. The zero-order valence-electron chi connectivity index (χ0n) is 17.9. The van der Waals surface area contributed by atoms with Crippen molar-refractivity contribution in [2.75, 3.05) is 18.9 Å². The van der Waals surface area contributed by atoms with Crippen molar-refractivity contribution in [3.8, 4) is 0 Å². The number of nitrogen functional groups attached to an aromatic ring is 1. The highest BCUT2D eigenvalue weighted by Gasteiger charge is 2.48. The molecule has 2 aliphatic heterocycles. The van der Waals surface area contributed by atoms with Crippen molar-refractivity contribution in [1.29, 1.82) is 0 Å². The van der Waals surface area contributed by atoms with Gasteiger partial charge in [-0.05, 0) is 0 Å². The number of nitrogens with zero attached hydrogens (tertiary/aromatic N) is 4. The molecule has 0 amide bonds. The number of aromatic nitrogens is 4. The molecule has 2 aromatic heterocycles. The Morgan fingerprint density at radius 2 is 1.58 bits per heavy atom. The number of alkyl halides is 1. The summed E-state index contributed by atoms with van der Waals surface area (Å²) in [5.41, 5.74) is 5.92. The predicted molar refractivity (Wildman–Crippen MR) is 110 cm³/mol. The first kappa shape index (κ1) is 27.3. The highest BCUT2D eigenvalue weighted by atomic mass is 31.3. The van der Waals surface area contributed by atoms with E-state index in [2.05, 4.69) is 28.3 Å². The number of aliphatic hydroxyl groups excluding tert-OH is 4. The number of phosphoric acid groups is 2. The fourth-order valence-electron chi connectivity index (χ4n) is 3.50. The van der Waals surface area contributed by atoms with Crippen LogP contribution >= 0.6 is 15.6 Å². The number of halogens is 1. The van der Waals surface area contributed by atoms with Crippen LogP contribution in [0.25, 0.3) is 11.2 Å². The molecule has 36 heavy (non-hydrogen) atoms. The molecule has 4 rings (SSSR count). The molecule has 0 spiro atoms. The molecule has 0 saturated carbocycles. The molecule has 10 atom stereocenters. The van der Waals surface area contributed by atoms with Gasteiger partial charge in [0.1, 0.15) is 42.4 Å². The molecule has 202 valence electrons.